The maximum atomic E-state index is 5.76. The molecule has 0 bridgehead atoms. The Hall–Kier alpha value is -3.21. The molecule has 0 radical (unpaired) electrons. The third-order valence-corrected chi connectivity index (χ3v) is 5.96. The molecule has 30 heavy (non-hydrogen) atoms. The Labute approximate surface area is 176 Å². The van der Waals surface area contributed by atoms with Gasteiger partial charge in [-0.15, -0.1) is 0 Å². The first-order valence-corrected chi connectivity index (χ1v) is 10.3. The van der Waals surface area contributed by atoms with Crippen LogP contribution in [-0.4, -0.2) is 21.0 Å². The molecule has 1 aromatic heterocycles. The lowest BCUT2D eigenvalue weighted by Gasteiger charge is -2.20. The lowest BCUT2D eigenvalue weighted by Crippen LogP contribution is -2.41. The van der Waals surface area contributed by atoms with Crippen molar-refractivity contribution in [1.82, 2.24) is 0 Å². The number of pyridine rings is 1. The first kappa shape index (κ1) is 18.8. The van der Waals surface area contributed by atoms with Gasteiger partial charge in [-0.3, -0.25) is 0 Å². The SMILES string of the molecule is COc1ccc2c(CC=C(C)C)c3[n+](cc2c1OC)CCc1cc2c(cc1-3)OCO2. The van der Waals surface area contributed by atoms with Gasteiger partial charge in [-0.2, -0.15) is 4.57 Å². The molecule has 0 unspecified atom stereocenters. The highest BCUT2D eigenvalue weighted by Crippen LogP contribution is 2.43. The molecule has 2 aliphatic heterocycles. The van der Waals surface area contributed by atoms with E-state index in [2.05, 4.69) is 48.9 Å². The molecule has 2 aliphatic rings. The van der Waals surface area contributed by atoms with Crippen LogP contribution in [0.25, 0.3) is 22.0 Å². The van der Waals surface area contributed by atoms with Crippen LogP contribution in [0.2, 0.25) is 0 Å². The molecule has 0 spiro atoms. The quantitative estimate of drug-likeness (QED) is 0.471. The molecule has 0 saturated heterocycles. The zero-order valence-electron chi connectivity index (χ0n) is 17.9. The van der Waals surface area contributed by atoms with E-state index in [-0.39, 0.29) is 6.79 Å². The predicted octanol–water partition coefficient (Wildman–Crippen LogP) is 4.61. The predicted molar refractivity (Wildman–Crippen MR) is 116 cm³/mol. The van der Waals surface area contributed by atoms with Gasteiger partial charge in [0.2, 0.25) is 12.5 Å². The summed E-state index contributed by atoms with van der Waals surface area (Å²) in [5, 5.41) is 2.25. The van der Waals surface area contributed by atoms with Crippen molar-refractivity contribution in [3.8, 4) is 34.3 Å². The van der Waals surface area contributed by atoms with Crippen LogP contribution in [0.15, 0.2) is 42.1 Å². The van der Waals surface area contributed by atoms with E-state index < -0.39 is 0 Å². The van der Waals surface area contributed by atoms with E-state index in [1.165, 1.54) is 33.3 Å². The molecule has 0 N–H and O–H groups in total. The molecule has 5 heteroatoms. The molecule has 0 saturated carbocycles. The van der Waals surface area contributed by atoms with Crippen molar-refractivity contribution in [3.05, 3.63) is 53.2 Å². The Kier molecular flexibility index (Phi) is 4.54. The second-order valence-corrected chi connectivity index (χ2v) is 8.01. The van der Waals surface area contributed by atoms with Crippen molar-refractivity contribution in [2.75, 3.05) is 21.0 Å². The van der Waals surface area contributed by atoms with Crippen molar-refractivity contribution in [1.29, 1.82) is 0 Å². The van der Waals surface area contributed by atoms with E-state index in [0.29, 0.717) is 0 Å². The van der Waals surface area contributed by atoms with Gasteiger partial charge in [0.1, 0.15) is 0 Å². The van der Waals surface area contributed by atoms with Gasteiger partial charge in [0.15, 0.2) is 35.7 Å². The first-order valence-electron chi connectivity index (χ1n) is 10.3. The van der Waals surface area contributed by atoms with E-state index in [4.69, 9.17) is 18.9 Å². The summed E-state index contributed by atoms with van der Waals surface area (Å²) in [6.07, 6.45) is 6.28. The summed E-state index contributed by atoms with van der Waals surface area (Å²) >= 11 is 0. The summed E-state index contributed by atoms with van der Waals surface area (Å²) in [4.78, 5) is 0. The van der Waals surface area contributed by atoms with Gasteiger partial charge in [-0.25, -0.2) is 0 Å². The topological polar surface area (TPSA) is 40.8 Å². The van der Waals surface area contributed by atoms with E-state index in [1.54, 1.807) is 14.2 Å². The zero-order chi connectivity index (χ0) is 20.8. The molecule has 0 amide bonds. The largest absolute Gasteiger partial charge is 0.493 e. The molecule has 0 fully saturated rings. The van der Waals surface area contributed by atoms with Crippen LogP contribution < -0.4 is 23.5 Å². The minimum Gasteiger partial charge on any atom is -0.493 e. The van der Waals surface area contributed by atoms with Crippen LogP contribution >= 0.6 is 0 Å². The van der Waals surface area contributed by atoms with Crippen molar-refractivity contribution in [3.63, 3.8) is 0 Å². The van der Waals surface area contributed by atoms with Crippen LogP contribution in [0.1, 0.15) is 25.0 Å². The second-order valence-electron chi connectivity index (χ2n) is 8.01. The number of benzene rings is 2. The highest BCUT2D eigenvalue weighted by atomic mass is 16.7. The fraction of sp³-hybridized carbons (Fsp3) is 0.320. The maximum absolute atomic E-state index is 5.76. The highest BCUT2D eigenvalue weighted by Gasteiger charge is 2.31. The van der Waals surface area contributed by atoms with Crippen LogP contribution in [0.3, 0.4) is 0 Å². The zero-order valence-corrected chi connectivity index (χ0v) is 17.9. The highest BCUT2D eigenvalue weighted by molar-refractivity contribution is 5.95. The third kappa shape index (κ3) is 2.88. The Morgan fingerprint density at radius 2 is 1.87 bits per heavy atom. The average molecular weight is 404 g/mol. The first-order chi connectivity index (χ1) is 14.6. The second kappa shape index (κ2) is 7.24. The Morgan fingerprint density at radius 3 is 2.60 bits per heavy atom. The monoisotopic (exact) mass is 404 g/mol. The molecule has 5 rings (SSSR count). The van der Waals surface area contributed by atoms with Crippen LogP contribution in [0, 0.1) is 0 Å². The lowest BCUT2D eigenvalue weighted by atomic mass is 9.89. The van der Waals surface area contributed by atoms with Crippen LogP contribution in [0.4, 0.5) is 0 Å². The van der Waals surface area contributed by atoms with Crippen LogP contribution in [0.5, 0.6) is 23.0 Å². The molecule has 2 aromatic carbocycles. The summed E-state index contributed by atoms with van der Waals surface area (Å²) in [5.41, 5.74) is 6.35. The van der Waals surface area contributed by atoms with E-state index in [0.717, 1.165) is 47.8 Å². The van der Waals surface area contributed by atoms with Gasteiger partial charge in [0.25, 0.3) is 0 Å². The summed E-state index contributed by atoms with van der Waals surface area (Å²) in [5.74, 6) is 3.20. The Morgan fingerprint density at radius 1 is 1.07 bits per heavy atom. The fourth-order valence-electron chi connectivity index (χ4n) is 4.52. The smallest absolute Gasteiger partial charge is 0.231 e. The molecule has 3 heterocycles. The van der Waals surface area contributed by atoms with Gasteiger partial charge in [-0.1, -0.05) is 11.6 Å². The number of nitrogens with zero attached hydrogens (tertiary/aromatic N) is 1. The normalized spacial score (nSPS) is 13.6. The summed E-state index contributed by atoms with van der Waals surface area (Å²) in [7, 11) is 3.38. The molecule has 0 atom stereocenters. The molecular formula is C25H26NO4+. The Bertz CT molecular complexity index is 1190. The number of aromatic nitrogens is 1. The van der Waals surface area contributed by atoms with Crippen molar-refractivity contribution in [2.45, 2.75) is 33.2 Å². The molecule has 5 nitrogen and oxygen atoms in total. The van der Waals surface area contributed by atoms with Crippen molar-refractivity contribution in [2.24, 2.45) is 0 Å². The summed E-state index contributed by atoms with van der Waals surface area (Å²) in [6.45, 7) is 5.47. The summed E-state index contributed by atoms with van der Waals surface area (Å²) < 4.78 is 25.0. The van der Waals surface area contributed by atoms with Crippen molar-refractivity contribution < 1.29 is 23.5 Å². The Balaban J connectivity index is 1.83. The van der Waals surface area contributed by atoms with Crippen LogP contribution in [-0.2, 0) is 19.4 Å². The van der Waals surface area contributed by atoms with E-state index in [9.17, 15) is 0 Å². The average Bonchev–Trinajstić information content (AvgIpc) is 3.21. The number of rotatable bonds is 4. The number of hydrogen-bond donors (Lipinski definition) is 0. The van der Waals surface area contributed by atoms with Gasteiger partial charge in [0, 0.05) is 17.4 Å². The number of aryl methyl sites for hydroxylation is 2. The molecule has 0 aliphatic carbocycles. The van der Waals surface area contributed by atoms with Gasteiger partial charge in [-0.05, 0) is 50.1 Å². The van der Waals surface area contributed by atoms with Crippen molar-refractivity contribution >= 4 is 10.8 Å². The van der Waals surface area contributed by atoms with E-state index >= 15 is 0 Å². The third-order valence-electron chi connectivity index (χ3n) is 5.96. The maximum Gasteiger partial charge on any atom is 0.231 e. The molecule has 154 valence electrons. The number of ether oxygens (including phenoxy) is 4. The minimum absolute atomic E-state index is 0.289. The van der Waals surface area contributed by atoms with Gasteiger partial charge in [0.05, 0.1) is 25.2 Å². The molecule has 3 aromatic rings. The number of fused-ring (bicyclic) bond motifs is 5. The minimum atomic E-state index is 0.289. The summed E-state index contributed by atoms with van der Waals surface area (Å²) in [6, 6.07) is 8.42. The number of methoxy groups -OCH3 is 2. The fourth-order valence-corrected chi connectivity index (χ4v) is 4.52. The molecular weight excluding hydrogens is 378 g/mol. The van der Waals surface area contributed by atoms with Gasteiger partial charge < -0.3 is 18.9 Å². The van der Waals surface area contributed by atoms with Gasteiger partial charge >= 0.3 is 0 Å². The number of hydrogen-bond acceptors (Lipinski definition) is 4. The van der Waals surface area contributed by atoms with E-state index in [1.807, 2.05) is 6.07 Å². The number of allylic oxidation sites excluding steroid dienone is 2. The standard InChI is InChI=1S/C25H26NO4/c1-15(2)5-6-18-17-7-8-21(27-3)25(28-4)20(17)13-26-10-9-16-11-22-23(30-14-29-22)12-19(16)24(18)26/h5,7-8,11-13H,6,9-10,14H2,1-4H3/q+1. The lowest BCUT2D eigenvalue weighted by molar-refractivity contribution is -0.686.